The SMILES string of the molecule is Clc1ccc(C2=NN3[C@H](C2)c2cc(Br)cc(Br)c2O[C@@H]3c2ccccc2Cl)cc1. The minimum absolute atomic E-state index is 0.0412. The highest BCUT2D eigenvalue weighted by atomic mass is 79.9. The second-order valence-electron chi connectivity index (χ2n) is 6.95. The second-order valence-corrected chi connectivity index (χ2v) is 9.56. The number of hydrogen-bond donors (Lipinski definition) is 0. The summed E-state index contributed by atoms with van der Waals surface area (Å²) < 4.78 is 8.34. The van der Waals surface area contributed by atoms with Gasteiger partial charge in [-0.05, 0) is 51.8 Å². The van der Waals surface area contributed by atoms with Crippen molar-refractivity contribution in [3.8, 4) is 5.75 Å². The fourth-order valence-corrected chi connectivity index (χ4v) is 5.52. The Bertz CT molecular complexity index is 1130. The predicted molar refractivity (Wildman–Crippen MR) is 124 cm³/mol. The largest absolute Gasteiger partial charge is 0.463 e. The molecule has 0 N–H and O–H groups in total. The van der Waals surface area contributed by atoms with Crippen LogP contribution in [0, 0.1) is 0 Å². The maximum Gasteiger partial charge on any atom is 0.215 e. The van der Waals surface area contributed by atoms with Gasteiger partial charge in [-0.2, -0.15) is 5.10 Å². The zero-order valence-corrected chi connectivity index (χ0v) is 19.6. The third-order valence-corrected chi connectivity index (χ3v) is 6.80. The molecule has 0 spiro atoms. The molecule has 2 heterocycles. The molecule has 5 rings (SSSR count). The second kappa shape index (κ2) is 7.62. The zero-order valence-electron chi connectivity index (χ0n) is 14.9. The highest BCUT2D eigenvalue weighted by Gasteiger charge is 2.42. The molecule has 0 saturated heterocycles. The van der Waals surface area contributed by atoms with E-state index in [-0.39, 0.29) is 6.04 Å². The van der Waals surface area contributed by atoms with Gasteiger partial charge in [0, 0.05) is 32.1 Å². The van der Waals surface area contributed by atoms with Crippen molar-refractivity contribution in [3.63, 3.8) is 0 Å². The predicted octanol–water partition coefficient (Wildman–Crippen LogP) is 7.76. The molecule has 3 aromatic carbocycles. The molecule has 2 aliphatic rings. The number of halogens is 4. The van der Waals surface area contributed by atoms with Crippen LogP contribution < -0.4 is 4.74 Å². The quantitative estimate of drug-likeness (QED) is 0.324. The minimum Gasteiger partial charge on any atom is -0.463 e. The van der Waals surface area contributed by atoms with Gasteiger partial charge >= 0.3 is 0 Å². The molecule has 0 amide bonds. The van der Waals surface area contributed by atoms with Gasteiger partial charge in [0.2, 0.25) is 6.23 Å². The minimum atomic E-state index is -0.413. The molecule has 0 fully saturated rings. The molecule has 7 heteroatoms. The first-order valence-electron chi connectivity index (χ1n) is 9.03. The number of fused-ring (bicyclic) bond motifs is 3. The lowest BCUT2D eigenvalue weighted by Gasteiger charge is -2.39. The van der Waals surface area contributed by atoms with E-state index in [1.165, 1.54) is 0 Å². The van der Waals surface area contributed by atoms with Crippen LogP contribution in [0.1, 0.15) is 35.4 Å². The van der Waals surface area contributed by atoms with Crippen LogP contribution >= 0.6 is 55.1 Å². The smallest absolute Gasteiger partial charge is 0.215 e. The lowest BCUT2D eigenvalue weighted by Crippen LogP contribution is -2.34. The van der Waals surface area contributed by atoms with E-state index in [4.69, 9.17) is 33.0 Å². The first-order valence-corrected chi connectivity index (χ1v) is 11.4. The number of hydrogen-bond acceptors (Lipinski definition) is 3. The Kier molecular flexibility index (Phi) is 5.11. The van der Waals surface area contributed by atoms with Gasteiger partial charge in [-0.3, -0.25) is 0 Å². The maximum atomic E-state index is 6.52. The Balaban J connectivity index is 1.65. The van der Waals surface area contributed by atoms with E-state index < -0.39 is 6.23 Å². The Labute approximate surface area is 195 Å². The Hall–Kier alpha value is -1.53. The molecule has 0 saturated carbocycles. The van der Waals surface area contributed by atoms with Crippen LogP contribution in [0.15, 0.2) is 74.7 Å². The van der Waals surface area contributed by atoms with Gasteiger partial charge in [0.15, 0.2) is 0 Å². The summed E-state index contributed by atoms with van der Waals surface area (Å²) in [6.45, 7) is 0. The summed E-state index contributed by atoms with van der Waals surface area (Å²) in [4.78, 5) is 0. The van der Waals surface area contributed by atoms with Crippen LogP contribution in [0.5, 0.6) is 5.75 Å². The number of hydrazone groups is 1. The number of nitrogens with zero attached hydrogens (tertiary/aromatic N) is 2. The van der Waals surface area contributed by atoms with Crippen molar-refractivity contribution in [3.05, 3.63) is 96.3 Å². The van der Waals surface area contributed by atoms with Crippen LogP contribution in [0.4, 0.5) is 0 Å². The zero-order chi connectivity index (χ0) is 20.1. The summed E-state index contributed by atoms with van der Waals surface area (Å²) in [5.74, 6) is 0.826. The summed E-state index contributed by atoms with van der Waals surface area (Å²) >= 11 is 19.8. The highest BCUT2D eigenvalue weighted by molar-refractivity contribution is 9.11. The van der Waals surface area contributed by atoms with Gasteiger partial charge < -0.3 is 4.74 Å². The van der Waals surface area contributed by atoms with E-state index in [0.29, 0.717) is 10.0 Å². The van der Waals surface area contributed by atoms with Crippen molar-refractivity contribution in [2.45, 2.75) is 18.7 Å². The molecule has 2 aliphatic heterocycles. The molecule has 0 unspecified atom stereocenters. The number of rotatable bonds is 2. The molecule has 29 heavy (non-hydrogen) atoms. The summed E-state index contributed by atoms with van der Waals surface area (Å²) in [6.07, 6.45) is 0.352. The van der Waals surface area contributed by atoms with Gasteiger partial charge in [0.25, 0.3) is 0 Å². The molecular weight excluding hydrogens is 539 g/mol. The normalized spacial score (nSPS) is 20.0. The molecule has 3 aromatic rings. The standard InChI is InChI=1S/C22H14Br2Cl2N2O/c23-13-9-16-20-11-19(12-5-7-14(25)8-6-12)27-28(20)22(29-21(16)17(24)10-13)15-3-1-2-4-18(15)26/h1-10,20,22H,11H2/t20-,22-/m1/s1. The monoisotopic (exact) mass is 550 g/mol. The molecule has 146 valence electrons. The van der Waals surface area contributed by atoms with E-state index in [9.17, 15) is 0 Å². The average Bonchev–Trinajstić information content (AvgIpc) is 3.14. The van der Waals surface area contributed by atoms with Crippen molar-refractivity contribution in [1.82, 2.24) is 5.01 Å². The lowest BCUT2D eigenvalue weighted by atomic mass is 9.96. The summed E-state index contributed by atoms with van der Waals surface area (Å²) in [7, 11) is 0. The highest BCUT2D eigenvalue weighted by Crippen LogP contribution is 2.51. The first-order chi connectivity index (χ1) is 14.0. The van der Waals surface area contributed by atoms with Gasteiger partial charge in [-0.1, -0.05) is 69.5 Å². The van der Waals surface area contributed by atoms with E-state index in [0.717, 1.165) is 43.5 Å². The van der Waals surface area contributed by atoms with Crippen LogP contribution in [0.25, 0.3) is 0 Å². The first kappa shape index (κ1) is 19.4. The molecule has 0 aliphatic carbocycles. The molecule has 0 bridgehead atoms. The fraction of sp³-hybridized carbons (Fsp3) is 0.136. The molecular formula is C22H14Br2Cl2N2O. The summed E-state index contributed by atoms with van der Waals surface area (Å²) in [6, 6.07) is 19.7. The molecule has 0 radical (unpaired) electrons. The Morgan fingerprint density at radius 2 is 1.72 bits per heavy atom. The van der Waals surface area contributed by atoms with Crippen molar-refractivity contribution in [1.29, 1.82) is 0 Å². The average molecular weight is 553 g/mol. The number of benzene rings is 3. The maximum absolute atomic E-state index is 6.52. The van der Waals surface area contributed by atoms with Crippen LogP contribution in [-0.2, 0) is 0 Å². The van der Waals surface area contributed by atoms with E-state index in [2.05, 4.69) is 37.9 Å². The third-order valence-electron chi connectivity index (χ3n) is 5.16. The van der Waals surface area contributed by atoms with E-state index in [1.54, 1.807) is 0 Å². The van der Waals surface area contributed by atoms with E-state index >= 15 is 0 Å². The summed E-state index contributed by atoms with van der Waals surface area (Å²) in [5, 5.41) is 8.34. The lowest BCUT2D eigenvalue weighted by molar-refractivity contribution is -0.0196. The van der Waals surface area contributed by atoms with E-state index in [1.807, 2.05) is 59.6 Å². The third kappa shape index (κ3) is 3.48. The van der Waals surface area contributed by atoms with Crippen molar-refractivity contribution >= 4 is 60.8 Å². The molecule has 0 aromatic heterocycles. The van der Waals surface area contributed by atoms with Crippen molar-refractivity contribution in [2.75, 3.05) is 0 Å². The Morgan fingerprint density at radius 3 is 2.48 bits per heavy atom. The number of ether oxygens (including phenoxy) is 1. The van der Waals surface area contributed by atoms with Crippen molar-refractivity contribution < 1.29 is 4.74 Å². The van der Waals surface area contributed by atoms with Gasteiger partial charge in [0.1, 0.15) is 5.75 Å². The van der Waals surface area contributed by atoms with Crippen LogP contribution in [0.2, 0.25) is 10.0 Å². The van der Waals surface area contributed by atoms with Gasteiger partial charge in [-0.15, -0.1) is 0 Å². The van der Waals surface area contributed by atoms with Crippen LogP contribution in [-0.4, -0.2) is 10.7 Å². The fourth-order valence-electron chi connectivity index (χ4n) is 3.81. The van der Waals surface area contributed by atoms with Gasteiger partial charge in [-0.25, -0.2) is 5.01 Å². The molecule has 2 atom stereocenters. The Morgan fingerprint density at radius 1 is 0.966 bits per heavy atom. The van der Waals surface area contributed by atoms with Crippen LogP contribution in [0.3, 0.4) is 0 Å². The summed E-state index contributed by atoms with van der Waals surface area (Å²) in [5.41, 5.74) is 4.02. The molecule has 3 nitrogen and oxygen atoms in total. The topological polar surface area (TPSA) is 24.8 Å². The van der Waals surface area contributed by atoms with Gasteiger partial charge in [0.05, 0.1) is 16.2 Å². The van der Waals surface area contributed by atoms with Crippen molar-refractivity contribution in [2.24, 2.45) is 5.10 Å².